The topological polar surface area (TPSA) is 200 Å². The number of nitrogens with zero attached hydrogens (tertiary/aromatic N) is 5. The monoisotopic (exact) mass is 1560 g/mol. The Morgan fingerprint density at radius 3 is 1.00 bits per heavy atom. The molecule has 16 heteroatoms. The normalized spacial score (nSPS) is 11.8. The van der Waals surface area contributed by atoms with Gasteiger partial charge in [0.2, 0.25) is 0 Å². The highest BCUT2D eigenvalue weighted by Gasteiger charge is 2.28. The standard InChI is InChI=1S/C98H125N7O8S/c1-7-13-19-25-31-37-64-108-84-46-43-47-85(109-65-38-32-26-20-14-8-2)93(84)90-78-58-56-76(100-78)75(55-54-72-52-53-73(70-74(71-99)98(106)107)97-96(72)104-114-105-97)77-57-59-79(101-77)91(94-86(110-66-39-33-27-21-15-9-3)48-44-49-87(94)111-67-40-34-28-22-16-10-4)81-61-63-83(103-81)92(82-62-60-80(90)102-82)95-88(112-68-41-35-29-23-17-11-5)50-45-51-89(95)113-69-42-36-30-24-18-12-6/h43-53,56-63,70,100,103H,7-42,64-69H2,1-6H3,(H,106,107)/b74-70-,76-75?,77-75?,90-78?,90-80?,91-79?,91-81?,92-82?,92-83?. The minimum absolute atomic E-state index is 0.418. The predicted octanol–water partition coefficient (Wildman–Crippen LogP) is 27.5. The number of nitrogens with one attached hydrogen (secondary N) is 2. The highest BCUT2D eigenvalue weighted by molar-refractivity contribution is 7.00. The van der Waals surface area contributed by atoms with Crippen molar-refractivity contribution in [2.24, 2.45) is 0 Å². The van der Waals surface area contributed by atoms with E-state index in [0.717, 1.165) is 177 Å². The number of fused-ring (bicyclic) bond motifs is 9. The lowest BCUT2D eigenvalue weighted by molar-refractivity contribution is -0.132. The van der Waals surface area contributed by atoms with Gasteiger partial charge < -0.3 is 43.5 Å². The largest absolute Gasteiger partial charge is 0.493 e. The fraction of sp³-hybridized carbons (Fsp3) is 0.490. The van der Waals surface area contributed by atoms with Gasteiger partial charge >= 0.3 is 5.97 Å². The first-order chi connectivity index (χ1) is 56.2. The molecule has 2 aliphatic heterocycles. The van der Waals surface area contributed by atoms with Crippen molar-refractivity contribution in [2.45, 2.75) is 273 Å². The van der Waals surface area contributed by atoms with Gasteiger partial charge in [-0.05, 0) is 136 Å². The fourth-order valence-electron chi connectivity index (χ4n) is 15.0. The number of aromatic nitrogens is 6. The van der Waals surface area contributed by atoms with Crippen LogP contribution in [0.3, 0.4) is 0 Å². The van der Waals surface area contributed by atoms with Crippen LogP contribution < -0.4 is 28.4 Å². The van der Waals surface area contributed by atoms with Gasteiger partial charge in [-0.3, -0.25) is 0 Å². The first-order valence-electron chi connectivity index (χ1n) is 43.7. The second kappa shape index (κ2) is 48.5. The lowest BCUT2D eigenvalue weighted by Crippen LogP contribution is -2.04. The van der Waals surface area contributed by atoms with Crippen molar-refractivity contribution in [3.8, 4) is 85.8 Å². The summed E-state index contributed by atoms with van der Waals surface area (Å²) in [5, 5.41) is 19.8. The highest BCUT2D eigenvalue weighted by atomic mass is 32.1. The van der Waals surface area contributed by atoms with Crippen LogP contribution in [0.25, 0.3) is 96.9 Å². The third-order valence-corrected chi connectivity index (χ3v) is 21.9. The Labute approximate surface area is 683 Å². The average molecular weight is 1560 g/mol. The van der Waals surface area contributed by atoms with Crippen LogP contribution in [0.1, 0.15) is 312 Å². The van der Waals surface area contributed by atoms with Gasteiger partial charge in [0.25, 0.3) is 0 Å². The maximum Gasteiger partial charge on any atom is 0.346 e. The van der Waals surface area contributed by atoms with Gasteiger partial charge in [0.1, 0.15) is 57.2 Å². The van der Waals surface area contributed by atoms with Crippen molar-refractivity contribution in [1.82, 2.24) is 28.7 Å². The molecule has 0 atom stereocenters. The van der Waals surface area contributed by atoms with Crippen molar-refractivity contribution < 1.29 is 38.3 Å². The molecule has 0 saturated heterocycles. The van der Waals surface area contributed by atoms with Crippen LogP contribution in [0, 0.1) is 23.2 Å². The van der Waals surface area contributed by atoms with Gasteiger partial charge in [-0.1, -0.05) is 270 Å². The third-order valence-electron chi connectivity index (χ3n) is 21.4. The van der Waals surface area contributed by atoms with Crippen molar-refractivity contribution in [3.63, 3.8) is 0 Å². The molecule has 606 valence electrons. The lowest BCUT2D eigenvalue weighted by Gasteiger charge is -2.18. The molecule has 4 aromatic heterocycles. The number of rotatable bonds is 53. The van der Waals surface area contributed by atoms with Crippen LogP contribution in [0.5, 0.6) is 34.5 Å². The quantitative estimate of drug-likeness (QED) is 0.0141. The number of carboxylic acids is 1. The predicted molar refractivity (Wildman–Crippen MR) is 473 cm³/mol. The minimum atomic E-state index is -1.33. The maximum absolute atomic E-state index is 12.2. The molecule has 0 unspecified atom stereocenters. The minimum Gasteiger partial charge on any atom is -0.493 e. The van der Waals surface area contributed by atoms with Crippen molar-refractivity contribution >= 4 is 81.2 Å². The molecule has 0 aliphatic carbocycles. The Bertz CT molecular complexity index is 4540. The molecule has 0 fully saturated rings. The fourth-order valence-corrected chi connectivity index (χ4v) is 15.6. The molecule has 0 amide bonds. The van der Waals surface area contributed by atoms with E-state index < -0.39 is 11.5 Å². The van der Waals surface area contributed by atoms with E-state index in [2.05, 4.69) is 153 Å². The number of carbonyl (C=O) groups is 1. The number of hydrogen-bond donors (Lipinski definition) is 3. The van der Waals surface area contributed by atoms with E-state index in [1.165, 1.54) is 122 Å². The third kappa shape index (κ3) is 25.2. The number of ether oxygens (including phenoxy) is 6. The molecule has 114 heavy (non-hydrogen) atoms. The van der Waals surface area contributed by atoms with Crippen molar-refractivity contribution in [1.29, 1.82) is 5.26 Å². The van der Waals surface area contributed by atoms with E-state index in [9.17, 15) is 15.2 Å². The summed E-state index contributed by atoms with van der Waals surface area (Å²) in [7, 11) is 0. The van der Waals surface area contributed by atoms with Crippen LogP contribution in [0.4, 0.5) is 0 Å². The molecule has 3 N–H and O–H groups in total. The van der Waals surface area contributed by atoms with E-state index in [1.807, 2.05) is 24.3 Å². The molecule has 0 spiro atoms. The van der Waals surface area contributed by atoms with Crippen LogP contribution in [-0.4, -0.2) is 79.4 Å². The number of aromatic amines is 2. The van der Waals surface area contributed by atoms with Gasteiger partial charge in [0.05, 0.1) is 107 Å². The summed E-state index contributed by atoms with van der Waals surface area (Å²) in [6.45, 7) is 16.7. The summed E-state index contributed by atoms with van der Waals surface area (Å²) >= 11 is 0.996. The molecule has 2 aliphatic rings. The number of aliphatic carboxylic acids is 1. The molecular formula is C98H125N7O8S. The summed E-state index contributed by atoms with van der Waals surface area (Å²) in [5.74, 6) is 10.0. The molecule has 10 rings (SSSR count). The van der Waals surface area contributed by atoms with Crippen LogP contribution in [0.2, 0.25) is 0 Å². The summed E-state index contributed by atoms with van der Waals surface area (Å²) in [5.41, 5.74) is 12.4. The van der Waals surface area contributed by atoms with Crippen LogP contribution in [-0.2, 0) is 4.79 Å². The first-order valence-corrected chi connectivity index (χ1v) is 44.4. The Morgan fingerprint density at radius 2 is 0.667 bits per heavy atom. The Hall–Kier alpha value is -9.64. The molecular weight excluding hydrogens is 1440 g/mol. The van der Waals surface area contributed by atoms with E-state index in [-0.39, 0.29) is 0 Å². The summed E-state index contributed by atoms with van der Waals surface area (Å²) < 4.78 is 52.0. The number of unbranched alkanes of at least 4 members (excludes halogenated alkanes) is 30. The van der Waals surface area contributed by atoms with Crippen molar-refractivity contribution in [2.75, 3.05) is 39.6 Å². The zero-order valence-electron chi connectivity index (χ0n) is 69.2. The number of nitriles is 1. The molecule has 0 saturated carbocycles. The molecule has 8 bridgehead atoms. The zero-order valence-corrected chi connectivity index (χ0v) is 70.0. The van der Waals surface area contributed by atoms with E-state index in [4.69, 9.17) is 42.8 Å². The maximum atomic E-state index is 12.2. The van der Waals surface area contributed by atoms with Crippen molar-refractivity contribution in [3.05, 3.63) is 136 Å². The second-order valence-electron chi connectivity index (χ2n) is 30.5. The summed E-state index contributed by atoms with van der Waals surface area (Å²) in [6.07, 6.45) is 50.0. The van der Waals surface area contributed by atoms with E-state index in [0.29, 0.717) is 130 Å². The SMILES string of the molecule is CCCCCCCCOc1cccc(OCCCCCCCC)c1-c1c2nc(c(-c3c(OCCCCCCCC)cccc3OCCCCCCCC)c3ccc([nH]3)c(-c3c(OCCCCCCCC)cccc3OCCCCCCCC)c3nc(c(C#Cc4ccc(/C=C(/C#N)C(=O)O)c5nsnc45)c4ccc1[nH]4)C=C3)C=C2. The summed E-state index contributed by atoms with van der Waals surface area (Å²) in [4.78, 5) is 32.0. The van der Waals surface area contributed by atoms with E-state index >= 15 is 0 Å². The molecule has 15 nitrogen and oxygen atoms in total. The number of H-pyrrole nitrogens is 2. The van der Waals surface area contributed by atoms with Crippen LogP contribution >= 0.6 is 11.7 Å². The van der Waals surface area contributed by atoms with E-state index in [1.54, 1.807) is 12.1 Å². The zero-order chi connectivity index (χ0) is 79.7. The second-order valence-corrected chi connectivity index (χ2v) is 31.0. The molecule has 8 aromatic rings. The van der Waals surface area contributed by atoms with Crippen LogP contribution in [0.15, 0.2) is 96.6 Å². The Kier molecular flexibility index (Phi) is 36.9. The van der Waals surface area contributed by atoms with Gasteiger partial charge in [-0.15, -0.1) is 0 Å². The van der Waals surface area contributed by atoms with Gasteiger partial charge in [-0.2, -0.15) is 14.0 Å². The number of carboxylic acid groups (broad SMARTS) is 1. The highest BCUT2D eigenvalue weighted by Crippen LogP contribution is 2.49. The number of benzene rings is 4. The van der Waals surface area contributed by atoms with Gasteiger partial charge in [-0.25, -0.2) is 14.8 Å². The molecule has 6 heterocycles. The molecule has 4 aromatic carbocycles. The average Bonchev–Trinajstić information content (AvgIpc) is 1.55. The Balaban J connectivity index is 1.31. The van der Waals surface area contributed by atoms with Gasteiger partial charge in [0, 0.05) is 38.8 Å². The summed E-state index contributed by atoms with van der Waals surface area (Å²) in [6, 6.07) is 32.5. The van der Waals surface area contributed by atoms with Gasteiger partial charge in [0.15, 0.2) is 0 Å². The number of hydrogen-bond acceptors (Lipinski definition) is 13. The Morgan fingerprint density at radius 1 is 0.368 bits per heavy atom. The first kappa shape index (κ1) is 86.8. The lowest BCUT2D eigenvalue weighted by atomic mass is 10.0. The molecule has 0 radical (unpaired) electrons. The smallest absolute Gasteiger partial charge is 0.346 e.